The number of piperidine rings is 1. The second-order valence-electron chi connectivity index (χ2n) is 9.88. The normalized spacial score (nSPS) is 20.2. The lowest BCUT2D eigenvalue weighted by atomic mass is 9.82. The van der Waals surface area contributed by atoms with Crippen LogP contribution in [0, 0.1) is 17.2 Å². The van der Waals surface area contributed by atoms with Crippen LogP contribution in [0.15, 0.2) is 41.2 Å². The summed E-state index contributed by atoms with van der Waals surface area (Å²) in [7, 11) is 0. The van der Waals surface area contributed by atoms with Crippen LogP contribution >= 0.6 is 0 Å². The van der Waals surface area contributed by atoms with Crippen molar-refractivity contribution < 1.29 is 14.0 Å². The predicted molar refractivity (Wildman–Crippen MR) is 117 cm³/mol. The molecule has 1 aromatic heterocycles. The van der Waals surface area contributed by atoms with Crippen LogP contribution in [0.3, 0.4) is 0 Å². The lowest BCUT2D eigenvalue weighted by Gasteiger charge is -2.43. The molecule has 0 aliphatic carbocycles. The highest BCUT2D eigenvalue weighted by molar-refractivity contribution is 6.04. The Morgan fingerprint density at radius 1 is 1.06 bits per heavy atom. The molecule has 1 N–H and O–H groups in total. The van der Waals surface area contributed by atoms with Crippen molar-refractivity contribution >= 4 is 17.5 Å². The summed E-state index contributed by atoms with van der Waals surface area (Å²) in [6.07, 6.45) is 1.47. The van der Waals surface area contributed by atoms with Crippen LogP contribution in [0.4, 0.5) is 10.1 Å². The Morgan fingerprint density at radius 2 is 1.77 bits per heavy atom. The molecule has 2 bridgehead atoms. The number of benzene rings is 1. The molecule has 6 nitrogen and oxygen atoms in total. The third-order valence-electron chi connectivity index (χ3n) is 5.99. The molecule has 1 saturated heterocycles. The number of nitrogens with one attached hydrogen (secondary N) is 1. The van der Waals surface area contributed by atoms with Crippen molar-refractivity contribution in [1.82, 2.24) is 9.47 Å². The summed E-state index contributed by atoms with van der Waals surface area (Å²) in [5.74, 6) is -0.373. The zero-order valence-corrected chi connectivity index (χ0v) is 18.2. The standard InChI is InChI=1S/C24H28FN3O3/c1-24(2,3)11-21(29)27-12-15-10-17(14-27)20-9-8-19(23(31)28(20)13-15)26-22(30)16-4-6-18(25)7-5-16/h4-9,15,17H,10-14H2,1-3H3,(H,26,30)/t15-,17+/m0/s1. The summed E-state index contributed by atoms with van der Waals surface area (Å²) >= 11 is 0. The van der Waals surface area contributed by atoms with Crippen LogP contribution in [-0.4, -0.2) is 34.4 Å². The summed E-state index contributed by atoms with van der Waals surface area (Å²) < 4.78 is 14.8. The third-order valence-corrected chi connectivity index (χ3v) is 5.99. The predicted octanol–water partition coefficient (Wildman–Crippen LogP) is 3.62. The molecule has 3 heterocycles. The maximum atomic E-state index is 13.1. The average Bonchev–Trinajstić information content (AvgIpc) is 2.69. The van der Waals surface area contributed by atoms with Crippen molar-refractivity contribution in [3.63, 3.8) is 0 Å². The monoisotopic (exact) mass is 425 g/mol. The summed E-state index contributed by atoms with van der Waals surface area (Å²) in [5, 5.41) is 2.66. The molecule has 7 heteroatoms. The second kappa shape index (κ2) is 7.94. The number of aromatic nitrogens is 1. The molecule has 2 amide bonds. The fourth-order valence-electron chi connectivity index (χ4n) is 4.61. The quantitative estimate of drug-likeness (QED) is 0.817. The molecule has 4 rings (SSSR count). The highest BCUT2D eigenvalue weighted by atomic mass is 19.1. The van der Waals surface area contributed by atoms with Gasteiger partial charge in [0.1, 0.15) is 11.5 Å². The first-order valence-corrected chi connectivity index (χ1v) is 10.7. The van der Waals surface area contributed by atoms with Crippen molar-refractivity contribution in [2.24, 2.45) is 11.3 Å². The van der Waals surface area contributed by atoms with E-state index in [0.717, 1.165) is 12.1 Å². The molecule has 0 radical (unpaired) electrons. The van der Waals surface area contributed by atoms with Gasteiger partial charge in [0.25, 0.3) is 11.5 Å². The van der Waals surface area contributed by atoms with Gasteiger partial charge in [0.15, 0.2) is 0 Å². The van der Waals surface area contributed by atoms with E-state index in [1.807, 2.05) is 11.0 Å². The molecule has 2 atom stereocenters. The lowest BCUT2D eigenvalue weighted by molar-refractivity contribution is -0.135. The van der Waals surface area contributed by atoms with Crippen LogP contribution in [0.1, 0.15) is 55.6 Å². The number of rotatable bonds is 3. The van der Waals surface area contributed by atoms with Gasteiger partial charge in [0.2, 0.25) is 5.91 Å². The van der Waals surface area contributed by atoms with Crippen LogP contribution in [0.25, 0.3) is 0 Å². The van der Waals surface area contributed by atoms with Crippen LogP contribution in [0.5, 0.6) is 0 Å². The van der Waals surface area contributed by atoms with Gasteiger partial charge in [-0.25, -0.2) is 4.39 Å². The summed E-state index contributed by atoms with van der Waals surface area (Å²) in [4.78, 5) is 40.2. The van der Waals surface area contributed by atoms with Crippen molar-refractivity contribution in [3.05, 3.63) is 63.8 Å². The van der Waals surface area contributed by atoms with E-state index in [4.69, 9.17) is 0 Å². The minimum atomic E-state index is -0.451. The number of anilines is 1. The number of amides is 2. The zero-order valence-electron chi connectivity index (χ0n) is 18.2. The van der Waals surface area contributed by atoms with Crippen molar-refractivity contribution in [2.75, 3.05) is 18.4 Å². The molecule has 0 saturated carbocycles. The second-order valence-corrected chi connectivity index (χ2v) is 9.88. The summed E-state index contributed by atoms with van der Waals surface area (Å²) in [5.41, 5.74) is 1.11. The SMILES string of the molecule is CC(C)(C)CC(=O)N1C[C@@H]2C[C@H](C1)c1ccc(NC(=O)c3ccc(F)cc3)c(=O)n1C2. The van der Waals surface area contributed by atoms with Crippen molar-refractivity contribution in [3.8, 4) is 0 Å². The van der Waals surface area contributed by atoms with E-state index in [1.165, 1.54) is 24.3 Å². The number of hydrogen-bond acceptors (Lipinski definition) is 3. The summed E-state index contributed by atoms with van der Waals surface area (Å²) in [6.45, 7) is 7.99. The number of fused-ring (bicyclic) bond motifs is 4. The smallest absolute Gasteiger partial charge is 0.274 e. The highest BCUT2D eigenvalue weighted by Crippen LogP contribution is 2.36. The maximum Gasteiger partial charge on any atom is 0.274 e. The topological polar surface area (TPSA) is 71.4 Å². The number of halogens is 1. The van der Waals surface area contributed by atoms with E-state index in [-0.39, 0.29) is 40.0 Å². The fraction of sp³-hybridized carbons (Fsp3) is 0.458. The van der Waals surface area contributed by atoms with Gasteiger partial charge in [-0.2, -0.15) is 0 Å². The van der Waals surface area contributed by atoms with Gasteiger partial charge in [-0.3, -0.25) is 14.4 Å². The first-order valence-electron chi connectivity index (χ1n) is 10.7. The van der Waals surface area contributed by atoms with E-state index >= 15 is 0 Å². The Kier molecular flexibility index (Phi) is 5.45. The van der Waals surface area contributed by atoms with Crippen molar-refractivity contribution in [1.29, 1.82) is 0 Å². The number of hydrogen-bond donors (Lipinski definition) is 1. The van der Waals surface area contributed by atoms with Crippen LogP contribution < -0.4 is 10.9 Å². The molecule has 2 aliphatic heterocycles. The van der Waals surface area contributed by atoms with Crippen molar-refractivity contribution in [2.45, 2.75) is 46.1 Å². The summed E-state index contributed by atoms with van der Waals surface area (Å²) in [6, 6.07) is 8.69. The minimum Gasteiger partial charge on any atom is -0.342 e. The number of likely N-dealkylation sites (tertiary alicyclic amines) is 1. The van der Waals surface area contributed by atoms with Crippen LogP contribution in [0.2, 0.25) is 0 Å². The van der Waals surface area contributed by atoms with Gasteiger partial charge in [-0.1, -0.05) is 20.8 Å². The average molecular weight is 426 g/mol. The Balaban J connectivity index is 1.54. The van der Waals surface area contributed by atoms with E-state index in [0.29, 0.717) is 26.1 Å². The highest BCUT2D eigenvalue weighted by Gasteiger charge is 2.37. The number of pyridine rings is 1. The number of carbonyl (C=O) groups is 2. The van der Waals surface area contributed by atoms with Gasteiger partial charge in [-0.15, -0.1) is 0 Å². The molecular weight excluding hydrogens is 397 g/mol. The molecule has 2 aromatic rings. The third kappa shape index (κ3) is 4.55. The largest absolute Gasteiger partial charge is 0.342 e. The Hall–Kier alpha value is -2.96. The Labute approximate surface area is 181 Å². The molecule has 1 aromatic carbocycles. The van der Waals surface area contributed by atoms with E-state index in [1.54, 1.807) is 10.6 Å². The van der Waals surface area contributed by atoms with Crippen LogP contribution in [-0.2, 0) is 11.3 Å². The van der Waals surface area contributed by atoms with E-state index < -0.39 is 11.7 Å². The Morgan fingerprint density at radius 3 is 2.45 bits per heavy atom. The zero-order chi connectivity index (χ0) is 22.3. The maximum absolute atomic E-state index is 13.1. The molecular formula is C24H28FN3O3. The lowest BCUT2D eigenvalue weighted by Crippen LogP contribution is -2.49. The van der Waals surface area contributed by atoms with Gasteiger partial charge < -0.3 is 14.8 Å². The molecule has 2 aliphatic rings. The fourth-order valence-corrected chi connectivity index (χ4v) is 4.61. The van der Waals surface area contributed by atoms with E-state index in [9.17, 15) is 18.8 Å². The first kappa shape index (κ1) is 21.3. The van der Waals surface area contributed by atoms with Gasteiger partial charge in [-0.05, 0) is 54.2 Å². The van der Waals surface area contributed by atoms with Gasteiger partial charge in [0, 0.05) is 43.2 Å². The molecule has 1 fully saturated rings. The minimum absolute atomic E-state index is 0.0594. The molecule has 164 valence electrons. The van der Waals surface area contributed by atoms with Gasteiger partial charge >= 0.3 is 0 Å². The Bertz CT molecular complexity index is 1070. The molecule has 31 heavy (non-hydrogen) atoms. The van der Waals surface area contributed by atoms with Gasteiger partial charge in [0.05, 0.1) is 0 Å². The number of nitrogens with zero attached hydrogens (tertiary/aromatic N) is 2. The number of carbonyl (C=O) groups excluding carboxylic acids is 2. The molecule has 0 unspecified atom stereocenters. The van der Waals surface area contributed by atoms with E-state index in [2.05, 4.69) is 26.1 Å². The molecule has 0 spiro atoms. The first-order chi connectivity index (χ1) is 14.6.